The highest BCUT2D eigenvalue weighted by atomic mass is 33.1. The lowest BCUT2D eigenvalue weighted by Gasteiger charge is -2.42. The fourth-order valence-corrected chi connectivity index (χ4v) is 18.0. The zero-order valence-corrected chi connectivity index (χ0v) is 82.2. The maximum Gasteiger partial charge on any atom is 0.271 e. The highest BCUT2D eigenvalue weighted by Crippen LogP contribution is 2.40. The summed E-state index contributed by atoms with van der Waals surface area (Å²) in [6.45, 7) is 9.63. The highest BCUT2D eigenvalue weighted by molar-refractivity contribution is 8.76. The molecule has 52 heteroatoms. The minimum atomic E-state index is -1.35. The van der Waals surface area contributed by atoms with E-state index in [9.17, 15) is 54.6 Å². The first-order valence-corrected chi connectivity index (χ1v) is 50.8. The van der Waals surface area contributed by atoms with E-state index in [-0.39, 0.29) is 195 Å². The normalized spacial score (nSPS) is 25.6. The van der Waals surface area contributed by atoms with Crippen LogP contribution >= 0.6 is 21.6 Å². The number of carbonyl (C=O) groups is 5. The van der Waals surface area contributed by atoms with Gasteiger partial charge in [-0.15, -0.1) is 15.3 Å². The van der Waals surface area contributed by atoms with E-state index in [0.29, 0.717) is 167 Å². The zero-order chi connectivity index (χ0) is 99.4. The third kappa shape index (κ3) is 40.5. The van der Waals surface area contributed by atoms with Gasteiger partial charge in [-0.05, 0) is 61.5 Å². The number of aliphatic hydroxyl groups is 6. The highest BCUT2D eigenvalue weighted by Gasteiger charge is 2.61. The van der Waals surface area contributed by atoms with E-state index < -0.39 is 108 Å². The molecule has 4 aromatic rings. The molecule has 0 radical (unpaired) electrons. The molecule has 0 aliphatic carbocycles. The molecule has 6 bridgehead atoms. The minimum Gasteiger partial charge on any atom is -0.390 e. The van der Waals surface area contributed by atoms with Crippen molar-refractivity contribution in [1.82, 2.24) is 76.5 Å². The second-order valence-corrected chi connectivity index (χ2v) is 37.5. The quantitative estimate of drug-likeness (QED) is 0.0166. The number of hydrogen-bond donors (Lipinski definition) is 11. The van der Waals surface area contributed by atoms with Crippen LogP contribution in [0.5, 0.6) is 0 Å². The minimum absolute atomic E-state index is 0.0196. The molecule has 11 rings (SSSR count). The van der Waals surface area contributed by atoms with E-state index >= 15 is 0 Å². The summed E-state index contributed by atoms with van der Waals surface area (Å²) in [4.78, 5) is 67.5. The van der Waals surface area contributed by atoms with Gasteiger partial charge in [0, 0.05) is 58.0 Å². The molecule has 7 saturated heterocycles. The molecule has 0 unspecified atom stereocenters. The van der Waals surface area contributed by atoms with E-state index in [1.54, 1.807) is 60.4 Å². The fourth-order valence-electron chi connectivity index (χ4n) is 15.9. The van der Waals surface area contributed by atoms with Gasteiger partial charge >= 0.3 is 0 Å². The smallest absolute Gasteiger partial charge is 0.271 e. The number of carbonyl (C=O) groups excluding carboxylic acids is 5. The number of nitrogens with one attached hydrogen (secondary N) is 5. The van der Waals surface area contributed by atoms with Gasteiger partial charge in [-0.3, -0.25) is 24.0 Å². The summed E-state index contributed by atoms with van der Waals surface area (Å²) in [7, 11) is 3.42. The van der Waals surface area contributed by atoms with Gasteiger partial charge < -0.3 is 171 Å². The van der Waals surface area contributed by atoms with Gasteiger partial charge in [-0.1, -0.05) is 51.8 Å². The number of pyridine rings is 1. The Morgan fingerprint density at radius 1 is 0.447 bits per heavy atom. The van der Waals surface area contributed by atoms with Crippen LogP contribution in [0.3, 0.4) is 0 Å². The fraction of sp³-hybridized carbons (Fsp3) is 0.820. The van der Waals surface area contributed by atoms with Gasteiger partial charge in [0.1, 0.15) is 87.1 Å². The Balaban J connectivity index is 0.598. The van der Waals surface area contributed by atoms with E-state index in [0.717, 1.165) is 36.5 Å². The van der Waals surface area contributed by atoms with Gasteiger partial charge in [0.15, 0.2) is 18.9 Å². The standard InChI is InChI=1S/C89H145N15O35S2/c1-64(105)92-76-78(111)81(114)88(62-135-83(76)138-88)59-126-43-40-123-37-34-120-31-28-117-25-21-103-48-67(97-100-103)51-129-56-86(55-128-50-66-47-102(99-96-66)20-24-116-27-30-119-33-36-122-39-42-125-58-87-61-134-75(137-87)46-70(107)80(87)113,57-130-52-68-49-104(101-98-68)22-26-118-29-32-121-35-38-124-41-44-127-60-89-63-136-84(139-89)77(93-65(2)106)79(112)82(89)115)95-73(110)16-6-3-10-18-90-71(108)14-7-4-12-23-131-85-132-53-69(54-133-85)94-72(109)15-8-5-13-45-140-141-74-17-9-11-19-91-74/h9,11,17,19,47-49,69-70,75-85,107,111-115H,3-8,10,12-16,18,20-46,50-63H2,1-2H3,(H,90,108)(H,92,105)(H,93,106)(H,94,109)(H,95,110)/t69?,70-,75+,76-,77-,78-,79-,80-,81-,82-,83+,84+,85?,87+,88+,89+/m1/s1. The molecular weight excluding hydrogens is 1900 g/mol. The second kappa shape index (κ2) is 63.8. The second-order valence-electron chi connectivity index (χ2n) is 35.1. The number of unbranched alkanes of at least 4 members (excludes halogenated alkanes) is 6. The Bertz CT molecular complexity index is 4020. The van der Waals surface area contributed by atoms with Gasteiger partial charge in [-0.2, -0.15) is 0 Å². The molecular formula is C89H145N15O35S2. The molecule has 798 valence electrons. The van der Waals surface area contributed by atoms with Gasteiger partial charge in [-0.25, -0.2) is 19.0 Å². The van der Waals surface area contributed by atoms with Crippen molar-refractivity contribution < 1.29 is 168 Å². The average Bonchev–Trinajstić information content (AvgIpc) is 1.61. The first-order chi connectivity index (χ1) is 68.7. The summed E-state index contributed by atoms with van der Waals surface area (Å²) >= 11 is 0. The van der Waals surface area contributed by atoms with Crippen molar-refractivity contribution in [1.29, 1.82) is 0 Å². The topological polar surface area (TPSA) is 593 Å². The lowest BCUT2D eigenvalue weighted by Crippen LogP contribution is -2.66. The van der Waals surface area contributed by atoms with Crippen LogP contribution in [0.1, 0.15) is 114 Å². The molecule has 11 heterocycles. The Hall–Kier alpha value is -6.58. The van der Waals surface area contributed by atoms with Crippen molar-refractivity contribution in [3.8, 4) is 0 Å². The van der Waals surface area contributed by atoms with Crippen molar-refractivity contribution in [3.63, 3.8) is 0 Å². The number of aromatic nitrogens is 10. The molecule has 5 amide bonds. The molecule has 4 aromatic heterocycles. The van der Waals surface area contributed by atoms with Crippen LogP contribution in [-0.2, 0) is 177 Å². The van der Waals surface area contributed by atoms with E-state index in [1.807, 2.05) is 18.2 Å². The largest absolute Gasteiger partial charge is 0.390 e. The van der Waals surface area contributed by atoms with Crippen molar-refractivity contribution in [3.05, 3.63) is 60.1 Å². The summed E-state index contributed by atoms with van der Waals surface area (Å²) < 4.78 is 144. The summed E-state index contributed by atoms with van der Waals surface area (Å²) in [5.41, 5.74) is -3.52. The molecule has 0 spiro atoms. The Morgan fingerprint density at radius 3 is 1.32 bits per heavy atom. The molecule has 7 fully saturated rings. The first-order valence-electron chi connectivity index (χ1n) is 48.4. The van der Waals surface area contributed by atoms with Gasteiger partial charge in [0.05, 0.1) is 288 Å². The van der Waals surface area contributed by atoms with Crippen LogP contribution < -0.4 is 26.6 Å². The van der Waals surface area contributed by atoms with Crippen LogP contribution in [0, 0.1) is 0 Å². The van der Waals surface area contributed by atoms with Crippen LogP contribution in [-0.4, -0.2) is 443 Å². The van der Waals surface area contributed by atoms with Crippen LogP contribution in [0.2, 0.25) is 0 Å². The van der Waals surface area contributed by atoms with E-state index in [4.69, 9.17) is 114 Å². The van der Waals surface area contributed by atoms with Crippen molar-refractivity contribution >= 4 is 51.1 Å². The lowest BCUT2D eigenvalue weighted by molar-refractivity contribution is -0.315. The Kier molecular flexibility index (Phi) is 51.9. The molecule has 7 aliphatic rings. The van der Waals surface area contributed by atoms with Crippen LogP contribution in [0.4, 0.5) is 0 Å². The number of rotatable bonds is 79. The monoisotopic (exact) mass is 2050 g/mol. The van der Waals surface area contributed by atoms with Gasteiger partial charge in [0.2, 0.25) is 29.5 Å². The molecule has 11 N–H and O–H groups in total. The number of aliphatic hydroxyl groups excluding tert-OH is 6. The number of nitrogens with zero attached hydrogens (tertiary/aromatic N) is 10. The third-order valence-electron chi connectivity index (χ3n) is 23.4. The van der Waals surface area contributed by atoms with Crippen LogP contribution in [0.15, 0.2) is 48.0 Å². The number of amides is 5. The molecule has 50 nitrogen and oxygen atoms in total. The van der Waals surface area contributed by atoms with E-state index in [1.165, 1.54) is 13.8 Å². The maximum absolute atomic E-state index is 14.4. The maximum atomic E-state index is 14.4. The van der Waals surface area contributed by atoms with Crippen molar-refractivity contribution in [2.24, 2.45) is 0 Å². The molecule has 0 aromatic carbocycles. The van der Waals surface area contributed by atoms with Crippen LogP contribution in [0.25, 0.3) is 0 Å². The molecule has 14 atom stereocenters. The summed E-state index contributed by atoms with van der Waals surface area (Å²) in [6, 6.07) is 3.77. The van der Waals surface area contributed by atoms with E-state index in [2.05, 4.69) is 62.5 Å². The lowest BCUT2D eigenvalue weighted by atomic mass is 9.88. The summed E-state index contributed by atoms with van der Waals surface area (Å²) in [5, 5.41) is 105. The Labute approximate surface area is 826 Å². The summed E-state index contributed by atoms with van der Waals surface area (Å²) in [6.07, 6.45) is 4.91. The van der Waals surface area contributed by atoms with Crippen molar-refractivity contribution in [2.75, 3.05) is 230 Å². The molecule has 7 aliphatic heterocycles. The molecule has 141 heavy (non-hydrogen) atoms. The zero-order valence-electron chi connectivity index (χ0n) is 80.5. The number of ether oxygens (including phenoxy) is 24. The van der Waals surface area contributed by atoms with Crippen molar-refractivity contribution in [2.45, 2.75) is 244 Å². The third-order valence-corrected chi connectivity index (χ3v) is 25.7. The summed E-state index contributed by atoms with van der Waals surface area (Å²) in [5.74, 6) is -0.219. The number of fused-ring (bicyclic) bond motifs is 6. The SMILES string of the molecule is CC(=O)N[C@H]1[C@H]2OC[C@](COCCOCCOCCOCCn3cc(COCC(COCc4cn(CCOCCOCCOCCOC[C@@]56CO[C@@H](O5)[C@H](NC(C)=O)[C@@H](O)[C@H]6O)nn4)(COCc4cn(CCOCCOCCOCCOC[C@]56CO[C@H](C[C@@H](O)[C@H]5O)O6)nn4)NC(=O)CCCCCNC(=O)CCCCCOC4OCC(NC(=O)CCCCCSSc5ccccn5)CO4)nn3)(O2)[C@H](O)[C@@H]1O. The predicted molar refractivity (Wildman–Crippen MR) is 491 cm³/mol. The Morgan fingerprint density at radius 2 is 0.865 bits per heavy atom. The predicted octanol–water partition coefficient (Wildman–Crippen LogP) is -2.13. The average molecular weight is 2050 g/mol. The first kappa shape index (κ1) is 115. The van der Waals surface area contributed by atoms with Gasteiger partial charge in [0.25, 0.3) is 6.48 Å². The molecule has 0 saturated carbocycles. The number of hydrogen-bond acceptors (Lipinski definition) is 44.